The van der Waals surface area contributed by atoms with Gasteiger partial charge in [0.25, 0.3) is 5.91 Å². The van der Waals surface area contributed by atoms with Crippen molar-refractivity contribution in [1.82, 2.24) is 10.3 Å². The zero-order valence-corrected chi connectivity index (χ0v) is 15.4. The highest BCUT2D eigenvalue weighted by atomic mass is 32.1. The molecule has 1 N–H and O–H groups in total. The number of fused-ring (bicyclic) bond motifs is 1. The topological polar surface area (TPSA) is 42.0 Å². The molecule has 0 aliphatic heterocycles. The Hall–Kier alpha value is -1.68. The van der Waals surface area contributed by atoms with Gasteiger partial charge in [-0.05, 0) is 55.7 Å². The Labute approximate surface area is 148 Å². The molecule has 0 saturated heterocycles. The largest absolute Gasteiger partial charge is 0.352 e. The Morgan fingerprint density at radius 2 is 1.96 bits per heavy atom. The fourth-order valence-corrected chi connectivity index (χ4v) is 4.27. The first kappa shape index (κ1) is 17.2. The first-order chi connectivity index (χ1) is 11.6. The van der Waals surface area contributed by atoms with Gasteiger partial charge in [-0.3, -0.25) is 4.79 Å². The van der Waals surface area contributed by atoms with E-state index in [0.29, 0.717) is 12.5 Å². The van der Waals surface area contributed by atoms with Crippen molar-refractivity contribution in [2.24, 2.45) is 0 Å². The summed E-state index contributed by atoms with van der Waals surface area (Å²) in [4.78, 5) is 18.4. The third-order valence-electron chi connectivity index (χ3n) is 4.58. The van der Waals surface area contributed by atoms with Crippen LogP contribution in [0.3, 0.4) is 0 Å². The average molecular weight is 343 g/mol. The molecule has 0 radical (unpaired) electrons. The van der Waals surface area contributed by atoms with Crippen LogP contribution in [0.15, 0.2) is 24.3 Å². The van der Waals surface area contributed by atoms with Gasteiger partial charge in [0, 0.05) is 23.4 Å². The lowest BCUT2D eigenvalue weighted by molar-refractivity contribution is 0.0953. The Bertz CT molecular complexity index is 665. The van der Waals surface area contributed by atoms with Crippen LogP contribution in [-0.2, 0) is 19.3 Å². The molecule has 0 atom stereocenters. The summed E-state index contributed by atoms with van der Waals surface area (Å²) in [5, 5.41) is 4.25. The molecule has 0 bridgehead atoms. The Morgan fingerprint density at radius 3 is 2.67 bits per heavy atom. The van der Waals surface area contributed by atoms with Crippen molar-refractivity contribution in [1.29, 1.82) is 0 Å². The van der Waals surface area contributed by atoms with Crippen LogP contribution in [0.25, 0.3) is 0 Å². The number of nitrogens with zero attached hydrogens (tertiary/aromatic N) is 1. The van der Waals surface area contributed by atoms with Crippen molar-refractivity contribution in [3.05, 3.63) is 51.0 Å². The van der Waals surface area contributed by atoms with Gasteiger partial charge in [-0.15, -0.1) is 11.3 Å². The van der Waals surface area contributed by atoms with Gasteiger partial charge in [0.15, 0.2) is 0 Å². The summed E-state index contributed by atoms with van der Waals surface area (Å²) in [6.45, 7) is 5.02. The maximum Gasteiger partial charge on any atom is 0.251 e. The van der Waals surface area contributed by atoms with Crippen molar-refractivity contribution in [2.75, 3.05) is 6.54 Å². The highest BCUT2D eigenvalue weighted by Crippen LogP contribution is 2.27. The third kappa shape index (κ3) is 4.23. The number of hydrogen-bond acceptors (Lipinski definition) is 3. The summed E-state index contributed by atoms with van der Waals surface area (Å²) in [5.74, 6) is 0.509. The summed E-state index contributed by atoms with van der Waals surface area (Å²) in [6.07, 6.45) is 6.85. The van der Waals surface area contributed by atoms with E-state index in [1.165, 1.54) is 40.4 Å². The number of thiazole rings is 1. The second-order valence-corrected chi connectivity index (χ2v) is 7.99. The molecule has 2 aromatic rings. The smallest absolute Gasteiger partial charge is 0.251 e. The van der Waals surface area contributed by atoms with E-state index in [-0.39, 0.29) is 5.91 Å². The predicted molar refractivity (Wildman–Crippen MR) is 99.9 cm³/mol. The van der Waals surface area contributed by atoms with E-state index in [2.05, 4.69) is 19.2 Å². The van der Waals surface area contributed by atoms with Crippen LogP contribution < -0.4 is 5.32 Å². The monoisotopic (exact) mass is 342 g/mol. The average Bonchev–Trinajstić information content (AvgIpc) is 3.01. The van der Waals surface area contributed by atoms with E-state index in [1.54, 1.807) is 0 Å². The molecule has 3 nitrogen and oxygen atoms in total. The number of aromatic nitrogens is 1. The van der Waals surface area contributed by atoms with Crippen molar-refractivity contribution in [2.45, 2.75) is 58.3 Å². The second kappa shape index (κ2) is 7.93. The van der Waals surface area contributed by atoms with Crippen LogP contribution in [0, 0.1) is 0 Å². The quantitative estimate of drug-likeness (QED) is 0.785. The fraction of sp³-hybridized carbons (Fsp3) is 0.500. The first-order valence-corrected chi connectivity index (χ1v) is 9.81. The normalized spacial score (nSPS) is 13.8. The Balaban J connectivity index is 1.44. The molecule has 24 heavy (non-hydrogen) atoms. The Kier molecular flexibility index (Phi) is 5.67. The molecule has 0 fully saturated rings. The standard InChI is InChI=1S/C20H26N2OS/c1-14(2)15-9-11-16(12-10-15)20(23)21-13-5-8-19-22-17-6-3-4-7-18(17)24-19/h9-12,14H,3-8,13H2,1-2H3,(H,21,23). The molecule has 1 aromatic heterocycles. The summed E-state index contributed by atoms with van der Waals surface area (Å²) in [6, 6.07) is 7.92. The number of carbonyl (C=O) groups excluding carboxylic acids is 1. The highest BCUT2D eigenvalue weighted by molar-refractivity contribution is 7.11. The number of amides is 1. The van der Waals surface area contributed by atoms with Gasteiger partial charge in [0.05, 0.1) is 10.7 Å². The van der Waals surface area contributed by atoms with Crippen LogP contribution in [0.1, 0.15) is 70.5 Å². The Morgan fingerprint density at radius 1 is 1.21 bits per heavy atom. The van der Waals surface area contributed by atoms with Crippen molar-refractivity contribution < 1.29 is 4.79 Å². The number of benzene rings is 1. The molecule has 0 saturated carbocycles. The van der Waals surface area contributed by atoms with E-state index in [9.17, 15) is 4.79 Å². The maximum atomic E-state index is 12.2. The van der Waals surface area contributed by atoms with Crippen molar-refractivity contribution >= 4 is 17.2 Å². The second-order valence-electron chi connectivity index (χ2n) is 6.82. The van der Waals surface area contributed by atoms with Crippen LogP contribution in [0.4, 0.5) is 0 Å². The minimum absolute atomic E-state index is 0.0174. The zero-order valence-electron chi connectivity index (χ0n) is 14.6. The number of aryl methyl sites for hydroxylation is 3. The van der Waals surface area contributed by atoms with Gasteiger partial charge in [-0.2, -0.15) is 0 Å². The van der Waals surface area contributed by atoms with E-state index in [1.807, 2.05) is 35.6 Å². The first-order valence-electron chi connectivity index (χ1n) is 8.99. The molecule has 1 aliphatic rings. The number of carbonyl (C=O) groups is 1. The van der Waals surface area contributed by atoms with Crippen LogP contribution in [0.5, 0.6) is 0 Å². The summed E-state index contributed by atoms with van der Waals surface area (Å²) in [7, 11) is 0. The van der Waals surface area contributed by atoms with Crippen LogP contribution >= 0.6 is 11.3 Å². The van der Waals surface area contributed by atoms with Crippen LogP contribution in [-0.4, -0.2) is 17.4 Å². The van der Waals surface area contributed by atoms with Gasteiger partial charge in [0.1, 0.15) is 0 Å². The minimum atomic E-state index is 0.0174. The lowest BCUT2D eigenvalue weighted by Crippen LogP contribution is -2.24. The molecule has 0 unspecified atom stereocenters. The van der Waals surface area contributed by atoms with Crippen molar-refractivity contribution in [3.63, 3.8) is 0 Å². The molecule has 1 heterocycles. The fourth-order valence-electron chi connectivity index (χ4n) is 3.08. The summed E-state index contributed by atoms with van der Waals surface area (Å²) < 4.78 is 0. The molecule has 0 spiro atoms. The number of nitrogens with one attached hydrogen (secondary N) is 1. The van der Waals surface area contributed by atoms with Crippen LogP contribution in [0.2, 0.25) is 0 Å². The van der Waals surface area contributed by atoms with Gasteiger partial charge in [-0.1, -0.05) is 26.0 Å². The number of hydrogen-bond donors (Lipinski definition) is 1. The van der Waals surface area contributed by atoms with Crippen molar-refractivity contribution in [3.8, 4) is 0 Å². The number of rotatable bonds is 6. The minimum Gasteiger partial charge on any atom is -0.352 e. The molecule has 3 rings (SSSR count). The zero-order chi connectivity index (χ0) is 16.9. The van der Waals surface area contributed by atoms with Gasteiger partial charge in [-0.25, -0.2) is 4.98 Å². The molecule has 1 aromatic carbocycles. The highest BCUT2D eigenvalue weighted by Gasteiger charge is 2.14. The molecular formula is C20H26N2OS. The molecule has 1 aliphatic carbocycles. The third-order valence-corrected chi connectivity index (χ3v) is 5.80. The van der Waals surface area contributed by atoms with E-state index in [4.69, 9.17) is 4.98 Å². The van der Waals surface area contributed by atoms with E-state index >= 15 is 0 Å². The molecule has 128 valence electrons. The van der Waals surface area contributed by atoms with Gasteiger partial charge in [0.2, 0.25) is 0 Å². The van der Waals surface area contributed by atoms with Gasteiger partial charge >= 0.3 is 0 Å². The molecule has 1 amide bonds. The lowest BCUT2D eigenvalue weighted by Gasteiger charge is -2.07. The SMILES string of the molecule is CC(C)c1ccc(C(=O)NCCCc2nc3c(s2)CCCC3)cc1. The summed E-state index contributed by atoms with van der Waals surface area (Å²) in [5.41, 5.74) is 3.33. The van der Waals surface area contributed by atoms with Gasteiger partial charge < -0.3 is 5.32 Å². The van der Waals surface area contributed by atoms with E-state index < -0.39 is 0 Å². The molecule has 4 heteroatoms. The summed E-state index contributed by atoms with van der Waals surface area (Å²) >= 11 is 1.87. The maximum absolute atomic E-state index is 12.2. The predicted octanol–water partition coefficient (Wildman–Crippen LogP) is 4.51. The molecular weight excluding hydrogens is 316 g/mol. The lowest BCUT2D eigenvalue weighted by atomic mass is 10.0. The van der Waals surface area contributed by atoms with E-state index in [0.717, 1.165) is 24.8 Å².